The minimum absolute atomic E-state index is 0.00519. The normalized spacial score (nSPS) is 20.1. The van der Waals surface area contributed by atoms with Crippen LogP contribution in [0.4, 0.5) is 5.69 Å². The molecule has 2 rings (SSSR count). The molecular formula is C13H15ClN2O. The Hall–Kier alpha value is -1.35. The second-order valence-corrected chi connectivity index (χ2v) is 4.97. The Morgan fingerprint density at radius 2 is 2.00 bits per heavy atom. The number of anilines is 1. The lowest BCUT2D eigenvalue weighted by atomic mass is 9.92. The van der Waals surface area contributed by atoms with E-state index in [1.165, 1.54) is 5.01 Å². The second kappa shape index (κ2) is 4.49. The number of para-hydroxylation sites is 1. The van der Waals surface area contributed by atoms with Gasteiger partial charge in [-0.15, -0.1) is 0 Å². The van der Waals surface area contributed by atoms with Gasteiger partial charge in [-0.25, -0.2) is 0 Å². The first kappa shape index (κ1) is 12.1. The van der Waals surface area contributed by atoms with Crippen molar-refractivity contribution in [2.45, 2.75) is 20.8 Å². The van der Waals surface area contributed by atoms with Crippen molar-refractivity contribution in [2.75, 3.05) is 5.01 Å². The van der Waals surface area contributed by atoms with E-state index < -0.39 is 0 Å². The topological polar surface area (TPSA) is 32.7 Å². The maximum absolute atomic E-state index is 12.3. The zero-order valence-corrected chi connectivity index (χ0v) is 10.9. The van der Waals surface area contributed by atoms with Gasteiger partial charge in [0.25, 0.3) is 5.91 Å². The third kappa shape index (κ3) is 2.07. The molecule has 3 nitrogen and oxygen atoms in total. The van der Waals surface area contributed by atoms with Crippen LogP contribution in [-0.4, -0.2) is 11.6 Å². The van der Waals surface area contributed by atoms with Crippen molar-refractivity contribution in [3.63, 3.8) is 0 Å². The largest absolute Gasteiger partial charge is 0.272 e. The Kier molecular flexibility index (Phi) is 3.20. The lowest BCUT2D eigenvalue weighted by molar-refractivity contribution is -0.120. The number of halogens is 1. The van der Waals surface area contributed by atoms with E-state index in [1.807, 2.05) is 32.9 Å². The summed E-state index contributed by atoms with van der Waals surface area (Å²) in [4.78, 5) is 12.3. The van der Waals surface area contributed by atoms with Crippen LogP contribution in [0.25, 0.3) is 0 Å². The van der Waals surface area contributed by atoms with E-state index in [-0.39, 0.29) is 17.7 Å². The monoisotopic (exact) mass is 250 g/mol. The summed E-state index contributed by atoms with van der Waals surface area (Å²) in [5.41, 5.74) is 1.51. The van der Waals surface area contributed by atoms with Gasteiger partial charge in [-0.3, -0.25) is 4.79 Å². The molecule has 1 aromatic rings. The summed E-state index contributed by atoms with van der Waals surface area (Å²) in [6.45, 7) is 5.94. The predicted molar refractivity (Wildman–Crippen MR) is 70.4 cm³/mol. The highest BCUT2D eigenvalue weighted by molar-refractivity contribution is 6.34. The van der Waals surface area contributed by atoms with Gasteiger partial charge in [0, 0.05) is 5.71 Å². The lowest BCUT2D eigenvalue weighted by Gasteiger charge is -2.17. The number of benzene rings is 1. The van der Waals surface area contributed by atoms with Gasteiger partial charge in [0.15, 0.2) is 0 Å². The van der Waals surface area contributed by atoms with Gasteiger partial charge in [-0.1, -0.05) is 37.6 Å². The summed E-state index contributed by atoms with van der Waals surface area (Å²) < 4.78 is 0. The fourth-order valence-corrected chi connectivity index (χ4v) is 2.36. The highest BCUT2D eigenvalue weighted by Crippen LogP contribution is 2.32. The predicted octanol–water partition coefficient (Wildman–Crippen LogP) is 3.33. The maximum Gasteiger partial charge on any atom is 0.256 e. The zero-order chi connectivity index (χ0) is 12.6. The third-order valence-corrected chi connectivity index (χ3v) is 3.25. The van der Waals surface area contributed by atoms with Gasteiger partial charge in [0.05, 0.1) is 16.6 Å². The van der Waals surface area contributed by atoms with Crippen LogP contribution < -0.4 is 5.01 Å². The Morgan fingerprint density at radius 1 is 1.35 bits per heavy atom. The summed E-state index contributed by atoms with van der Waals surface area (Å²) in [5.74, 6) is 0.121. The van der Waals surface area contributed by atoms with Crippen LogP contribution in [0.15, 0.2) is 29.4 Å². The van der Waals surface area contributed by atoms with Gasteiger partial charge in [0.2, 0.25) is 0 Å². The quantitative estimate of drug-likeness (QED) is 0.792. The number of hydrogen-bond acceptors (Lipinski definition) is 2. The molecule has 0 bridgehead atoms. The van der Waals surface area contributed by atoms with Crippen molar-refractivity contribution in [3.8, 4) is 0 Å². The number of carbonyl (C=O) groups is 1. The van der Waals surface area contributed by atoms with E-state index >= 15 is 0 Å². The molecule has 1 aliphatic rings. The number of carbonyl (C=O) groups excluding carboxylic acids is 1. The Labute approximate surface area is 106 Å². The van der Waals surface area contributed by atoms with E-state index in [9.17, 15) is 4.79 Å². The molecule has 1 aliphatic heterocycles. The second-order valence-electron chi connectivity index (χ2n) is 4.56. The highest BCUT2D eigenvalue weighted by Gasteiger charge is 2.36. The fraction of sp³-hybridized carbons (Fsp3) is 0.385. The van der Waals surface area contributed by atoms with Crippen molar-refractivity contribution in [2.24, 2.45) is 16.9 Å². The minimum atomic E-state index is -0.133. The SMILES string of the molecule is CC1=NN(c2ccccc2Cl)C(=O)C1C(C)C. The van der Waals surface area contributed by atoms with E-state index in [0.29, 0.717) is 10.7 Å². The van der Waals surface area contributed by atoms with E-state index in [2.05, 4.69) is 5.10 Å². The summed E-state index contributed by atoms with van der Waals surface area (Å²) in [7, 11) is 0. The zero-order valence-electron chi connectivity index (χ0n) is 10.1. The van der Waals surface area contributed by atoms with Crippen LogP contribution >= 0.6 is 11.6 Å². The molecule has 1 heterocycles. The minimum Gasteiger partial charge on any atom is -0.272 e. The molecule has 0 radical (unpaired) electrons. The van der Waals surface area contributed by atoms with Crippen LogP contribution in [0.1, 0.15) is 20.8 Å². The molecular weight excluding hydrogens is 236 g/mol. The molecule has 0 aromatic heterocycles. The summed E-state index contributed by atoms with van der Waals surface area (Å²) >= 11 is 6.08. The standard InChI is InChI=1S/C13H15ClN2O/c1-8(2)12-9(3)15-16(13(12)17)11-7-5-4-6-10(11)14/h4-8,12H,1-3H3. The molecule has 1 unspecified atom stereocenters. The van der Waals surface area contributed by atoms with Gasteiger partial charge in [0.1, 0.15) is 0 Å². The number of amides is 1. The fourth-order valence-electron chi connectivity index (χ4n) is 2.14. The van der Waals surface area contributed by atoms with E-state index in [1.54, 1.807) is 12.1 Å². The Morgan fingerprint density at radius 3 is 2.53 bits per heavy atom. The van der Waals surface area contributed by atoms with Gasteiger partial charge >= 0.3 is 0 Å². The van der Waals surface area contributed by atoms with Crippen molar-refractivity contribution in [3.05, 3.63) is 29.3 Å². The van der Waals surface area contributed by atoms with Crippen LogP contribution in [0.3, 0.4) is 0 Å². The van der Waals surface area contributed by atoms with E-state index in [4.69, 9.17) is 11.6 Å². The summed E-state index contributed by atoms with van der Waals surface area (Å²) in [5, 5.41) is 6.28. The molecule has 0 spiro atoms. The molecule has 4 heteroatoms. The molecule has 1 amide bonds. The smallest absolute Gasteiger partial charge is 0.256 e. The molecule has 0 aliphatic carbocycles. The molecule has 0 fully saturated rings. The summed E-state index contributed by atoms with van der Waals surface area (Å²) in [6.07, 6.45) is 0. The lowest BCUT2D eigenvalue weighted by Crippen LogP contribution is -2.30. The molecule has 17 heavy (non-hydrogen) atoms. The summed E-state index contributed by atoms with van der Waals surface area (Å²) in [6, 6.07) is 7.25. The van der Waals surface area contributed by atoms with Crippen molar-refractivity contribution >= 4 is 28.9 Å². The average Bonchev–Trinajstić information content (AvgIpc) is 2.55. The third-order valence-electron chi connectivity index (χ3n) is 2.93. The van der Waals surface area contributed by atoms with E-state index in [0.717, 1.165) is 5.71 Å². The molecule has 1 aromatic carbocycles. The first-order valence-corrected chi connectivity index (χ1v) is 6.03. The van der Waals surface area contributed by atoms with Crippen LogP contribution in [0.2, 0.25) is 5.02 Å². The molecule has 0 saturated carbocycles. The number of hydrazone groups is 1. The van der Waals surface area contributed by atoms with Crippen molar-refractivity contribution in [1.82, 2.24) is 0 Å². The number of hydrogen-bond donors (Lipinski definition) is 0. The van der Waals surface area contributed by atoms with Crippen molar-refractivity contribution < 1.29 is 4.79 Å². The average molecular weight is 251 g/mol. The molecule has 0 saturated heterocycles. The van der Waals surface area contributed by atoms with Crippen LogP contribution in [0.5, 0.6) is 0 Å². The van der Waals surface area contributed by atoms with Crippen LogP contribution in [0, 0.1) is 11.8 Å². The van der Waals surface area contributed by atoms with Crippen molar-refractivity contribution in [1.29, 1.82) is 0 Å². The Balaban J connectivity index is 2.38. The molecule has 90 valence electrons. The van der Waals surface area contributed by atoms with Gasteiger partial charge in [-0.05, 0) is 25.0 Å². The maximum atomic E-state index is 12.3. The van der Waals surface area contributed by atoms with Gasteiger partial charge < -0.3 is 0 Å². The number of nitrogens with zero attached hydrogens (tertiary/aromatic N) is 2. The molecule has 0 N–H and O–H groups in total. The number of rotatable bonds is 2. The molecule has 1 atom stereocenters. The first-order valence-electron chi connectivity index (χ1n) is 5.66. The van der Waals surface area contributed by atoms with Gasteiger partial charge in [-0.2, -0.15) is 10.1 Å². The first-order chi connectivity index (χ1) is 8.02. The Bertz CT molecular complexity index is 482. The van der Waals surface area contributed by atoms with Crippen LogP contribution in [-0.2, 0) is 4.79 Å². The highest BCUT2D eigenvalue weighted by atomic mass is 35.5.